The second-order valence-corrected chi connectivity index (χ2v) is 9.97. The summed E-state index contributed by atoms with van der Waals surface area (Å²) in [5.74, 6) is 0.414. The van der Waals surface area contributed by atoms with Crippen molar-refractivity contribution in [2.24, 2.45) is 11.8 Å². The zero-order chi connectivity index (χ0) is 25.5. The normalized spacial score (nSPS) is 17.4. The van der Waals surface area contributed by atoms with E-state index in [1.165, 1.54) is 11.3 Å². The van der Waals surface area contributed by atoms with Gasteiger partial charge in [-0.05, 0) is 74.1 Å². The minimum Gasteiger partial charge on any atom is -0.496 e. The van der Waals surface area contributed by atoms with E-state index in [1.54, 1.807) is 31.4 Å². The molecule has 1 aliphatic carbocycles. The summed E-state index contributed by atoms with van der Waals surface area (Å²) in [6.45, 7) is 1.15. The lowest BCUT2D eigenvalue weighted by atomic mass is 9.82. The molecule has 0 unspecified atom stereocenters. The van der Waals surface area contributed by atoms with E-state index in [1.807, 2.05) is 24.3 Å². The Balaban J connectivity index is 1.17. The summed E-state index contributed by atoms with van der Waals surface area (Å²) in [4.78, 5) is 36.6. The topological polar surface area (TPSA) is 114 Å². The highest BCUT2D eigenvalue weighted by Gasteiger charge is 2.26. The molecule has 1 aromatic heterocycles. The van der Waals surface area contributed by atoms with Crippen LogP contribution in [0.2, 0.25) is 0 Å². The van der Waals surface area contributed by atoms with E-state index in [9.17, 15) is 14.4 Å². The molecule has 4 rings (SSSR count). The Labute approximate surface area is 213 Å². The molecule has 1 heterocycles. The molecule has 190 valence electrons. The summed E-state index contributed by atoms with van der Waals surface area (Å²) < 4.78 is 12.2. The highest BCUT2D eigenvalue weighted by atomic mass is 32.1. The van der Waals surface area contributed by atoms with Crippen LogP contribution in [-0.4, -0.2) is 49.7 Å². The van der Waals surface area contributed by atoms with Crippen molar-refractivity contribution in [3.05, 3.63) is 59.0 Å². The van der Waals surface area contributed by atoms with Gasteiger partial charge in [0.1, 0.15) is 11.5 Å². The Kier molecular flexibility index (Phi) is 8.43. The second kappa shape index (κ2) is 11.9. The number of ether oxygens (including phenoxy) is 2. The van der Waals surface area contributed by atoms with E-state index in [0.29, 0.717) is 54.6 Å². The second-order valence-electron chi connectivity index (χ2n) is 8.89. The lowest BCUT2D eigenvalue weighted by Crippen LogP contribution is -2.34. The molecule has 9 heteroatoms. The molecule has 0 bridgehead atoms. The first kappa shape index (κ1) is 25.5. The number of hydrogen-bond donors (Lipinski definition) is 3. The number of carbonyl (C=O) groups excluding carboxylic acids is 2. The number of fused-ring (bicyclic) bond motifs is 1. The third-order valence-corrected chi connectivity index (χ3v) is 7.56. The van der Waals surface area contributed by atoms with Gasteiger partial charge < -0.3 is 25.2 Å². The SMILES string of the molecule is COc1cccc2sc(C(=O)NCCNC(=O)c3ccc(OCC4CCC(C(=O)O)CC4)cc3)cc12. The number of thiophene rings is 1. The molecule has 3 aromatic rings. The van der Waals surface area contributed by atoms with Crippen molar-refractivity contribution in [1.29, 1.82) is 0 Å². The van der Waals surface area contributed by atoms with Crippen LogP contribution in [-0.2, 0) is 4.79 Å². The van der Waals surface area contributed by atoms with Gasteiger partial charge >= 0.3 is 5.97 Å². The van der Waals surface area contributed by atoms with Crippen LogP contribution in [0.1, 0.15) is 45.7 Å². The number of benzene rings is 2. The van der Waals surface area contributed by atoms with E-state index >= 15 is 0 Å². The fourth-order valence-electron chi connectivity index (χ4n) is 4.36. The van der Waals surface area contributed by atoms with Crippen molar-refractivity contribution in [2.45, 2.75) is 25.7 Å². The first-order chi connectivity index (χ1) is 17.4. The fourth-order valence-corrected chi connectivity index (χ4v) is 5.35. The summed E-state index contributed by atoms with van der Waals surface area (Å²) in [7, 11) is 1.60. The van der Waals surface area contributed by atoms with Crippen LogP contribution in [0, 0.1) is 11.8 Å². The van der Waals surface area contributed by atoms with Crippen LogP contribution in [0.25, 0.3) is 10.1 Å². The van der Waals surface area contributed by atoms with Crippen molar-refractivity contribution in [3.63, 3.8) is 0 Å². The maximum atomic E-state index is 12.5. The number of aliphatic carboxylic acids is 1. The van der Waals surface area contributed by atoms with Gasteiger partial charge in [-0.2, -0.15) is 0 Å². The Bertz CT molecular complexity index is 1210. The summed E-state index contributed by atoms with van der Waals surface area (Å²) in [6.07, 6.45) is 3.10. The predicted octanol–water partition coefficient (Wildman–Crippen LogP) is 4.34. The van der Waals surface area contributed by atoms with E-state index < -0.39 is 5.97 Å². The van der Waals surface area contributed by atoms with Gasteiger partial charge in [-0.15, -0.1) is 11.3 Å². The van der Waals surface area contributed by atoms with Crippen LogP contribution in [0.4, 0.5) is 0 Å². The highest BCUT2D eigenvalue weighted by Crippen LogP contribution is 2.32. The van der Waals surface area contributed by atoms with Gasteiger partial charge in [-0.3, -0.25) is 14.4 Å². The number of carboxylic acids is 1. The number of carboxylic acid groups (broad SMARTS) is 1. The molecule has 36 heavy (non-hydrogen) atoms. The summed E-state index contributed by atoms with van der Waals surface area (Å²) in [6, 6.07) is 14.4. The van der Waals surface area contributed by atoms with Crippen LogP contribution in [0.3, 0.4) is 0 Å². The fraction of sp³-hybridized carbons (Fsp3) is 0.370. The Hall–Kier alpha value is -3.59. The Morgan fingerprint density at radius 2 is 1.67 bits per heavy atom. The Morgan fingerprint density at radius 1 is 0.972 bits per heavy atom. The molecular formula is C27H30N2O6S. The number of hydrogen-bond acceptors (Lipinski definition) is 6. The number of carbonyl (C=O) groups is 3. The van der Waals surface area contributed by atoms with Gasteiger partial charge in [0.25, 0.3) is 11.8 Å². The number of nitrogens with one attached hydrogen (secondary N) is 2. The van der Waals surface area contributed by atoms with Gasteiger partial charge in [0.2, 0.25) is 0 Å². The molecule has 3 N–H and O–H groups in total. The summed E-state index contributed by atoms with van der Waals surface area (Å²) in [5, 5.41) is 15.6. The maximum absolute atomic E-state index is 12.5. The van der Waals surface area contributed by atoms with Crippen LogP contribution in [0.15, 0.2) is 48.5 Å². The minimum atomic E-state index is -0.706. The van der Waals surface area contributed by atoms with Gasteiger partial charge in [0.15, 0.2) is 0 Å². The van der Waals surface area contributed by atoms with Crippen molar-refractivity contribution in [3.8, 4) is 11.5 Å². The van der Waals surface area contributed by atoms with Crippen LogP contribution < -0.4 is 20.1 Å². The molecule has 0 saturated heterocycles. The molecule has 2 amide bonds. The zero-order valence-corrected chi connectivity index (χ0v) is 20.9. The molecule has 0 aliphatic heterocycles. The molecule has 1 saturated carbocycles. The maximum Gasteiger partial charge on any atom is 0.306 e. The van der Waals surface area contributed by atoms with Crippen molar-refractivity contribution in [2.75, 3.05) is 26.8 Å². The third-order valence-electron chi connectivity index (χ3n) is 6.46. The molecule has 0 atom stereocenters. The van der Waals surface area contributed by atoms with Crippen LogP contribution in [0.5, 0.6) is 11.5 Å². The zero-order valence-electron chi connectivity index (χ0n) is 20.1. The van der Waals surface area contributed by atoms with Gasteiger partial charge in [0.05, 0.1) is 24.5 Å². The highest BCUT2D eigenvalue weighted by molar-refractivity contribution is 7.20. The third kappa shape index (κ3) is 6.34. The number of amides is 2. The van der Waals surface area contributed by atoms with Crippen LogP contribution >= 0.6 is 11.3 Å². The van der Waals surface area contributed by atoms with E-state index in [-0.39, 0.29) is 17.7 Å². The van der Waals surface area contributed by atoms with Crippen molar-refractivity contribution < 1.29 is 29.0 Å². The smallest absolute Gasteiger partial charge is 0.306 e. The van der Waals surface area contributed by atoms with E-state index in [2.05, 4.69) is 10.6 Å². The number of methoxy groups -OCH3 is 1. The molecule has 1 fully saturated rings. The minimum absolute atomic E-state index is 0.189. The summed E-state index contributed by atoms with van der Waals surface area (Å²) in [5.41, 5.74) is 0.507. The lowest BCUT2D eigenvalue weighted by Gasteiger charge is -2.25. The number of rotatable bonds is 10. The Morgan fingerprint density at radius 3 is 2.33 bits per heavy atom. The predicted molar refractivity (Wildman–Crippen MR) is 138 cm³/mol. The average molecular weight is 511 g/mol. The van der Waals surface area contributed by atoms with Gasteiger partial charge in [-0.25, -0.2) is 0 Å². The monoisotopic (exact) mass is 510 g/mol. The van der Waals surface area contributed by atoms with E-state index in [0.717, 1.165) is 28.7 Å². The van der Waals surface area contributed by atoms with Gasteiger partial charge in [-0.1, -0.05) is 6.07 Å². The lowest BCUT2D eigenvalue weighted by molar-refractivity contribution is -0.143. The van der Waals surface area contributed by atoms with Crippen molar-refractivity contribution in [1.82, 2.24) is 10.6 Å². The first-order valence-electron chi connectivity index (χ1n) is 12.0. The molecular weight excluding hydrogens is 480 g/mol. The molecule has 0 radical (unpaired) electrons. The van der Waals surface area contributed by atoms with Crippen molar-refractivity contribution >= 4 is 39.2 Å². The first-order valence-corrected chi connectivity index (χ1v) is 12.8. The molecule has 8 nitrogen and oxygen atoms in total. The van der Waals surface area contributed by atoms with Gasteiger partial charge in [0, 0.05) is 28.7 Å². The quantitative estimate of drug-likeness (QED) is 0.350. The largest absolute Gasteiger partial charge is 0.496 e. The average Bonchev–Trinajstić information content (AvgIpc) is 3.35. The standard InChI is InChI=1S/C27H30N2O6S/c1-34-22-3-2-4-23-21(22)15-24(36-23)26(31)29-14-13-28-25(30)18-9-11-20(12-10-18)35-16-17-5-7-19(8-6-17)27(32)33/h2-4,9-12,15,17,19H,5-8,13-14,16H2,1H3,(H,28,30)(H,29,31)(H,32,33). The molecule has 0 spiro atoms. The molecule has 2 aromatic carbocycles. The van der Waals surface area contributed by atoms with E-state index in [4.69, 9.17) is 14.6 Å². The molecule has 1 aliphatic rings. The summed E-state index contributed by atoms with van der Waals surface area (Å²) >= 11 is 1.40.